The van der Waals surface area contributed by atoms with E-state index in [-0.39, 0.29) is 11.4 Å². The normalized spacial score (nSPS) is 26.1. The lowest BCUT2D eigenvalue weighted by Crippen LogP contribution is -2.44. The minimum atomic E-state index is -0.148. The second kappa shape index (κ2) is 3.99. The van der Waals surface area contributed by atoms with Crippen molar-refractivity contribution in [3.63, 3.8) is 0 Å². The van der Waals surface area contributed by atoms with Gasteiger partial charge < -0.3 is 5.32 Å². The molecule has 2 heteroatoms. The molecular weight excluding hydrogens is 174 g/mol. The van der Waals surface area contributed by atoms with Crippen molar-refractivity contribution in [2.24, 2.45) is 0 Å². The second-order valence-corrected chi connectivity index (χ2v) is 4.46. The summed E-state index contributed by atoms with van der Waals surface area (Å²) in [6.07, 6.45) is 6.27. The summed E-state index contributed by atoms with van der Waals surface area (Å²) in [7, 11) is 0. The van der Waals surface area contributed by atoms with Gasteiger partial charge in [-0.15, -0.1) is 0 Å². The van der Waals surface area contributed by atoms with Crippen molar-refractivity contribution >= 4 is 5.91 Å². The van der Waals surface area contributed by atoms with Crippen LogP contribution in [0.4, 0.5) is 0 Å². The number of carbonyl (C=O) groups is 1. The van der Waals surface area contributed by atoms with E-state index >= 15 is 0 Å². The lowest BCUT2D eigenvalue weighted by molar-refractivity contribution is -0.120. The first-order chi connectivity index (χ1) is 6.43. The zero-order chi connectivity index (χ0) is 10.8. The molecule has 1 N–H and O–H groups in total. The second-order valence-electron chi connectivity index (χ2n) is 4.46. The molecule has 1 atom stereocenters. The van der Waals surface area contributed by atoms with Crippen LogP contribution in [0.3, 0.4) is 0 Å². The summed E-state index contributed by atoms with van der Waals surface area (Å²) in [5.41, 5.74) is 2.61. The van der Waals surface area contributed by atoms with Gasteiger partial charge in [-0.05, 0) is 39.2 Å². The summed E-state index contributed by atoms with van der Waals surface area (Å²) < 4.78 is 0. The number of hydrogen-bond donors (Lipinski definition) is 1. The third-order valence-electron chi connectivity index (χ3n) is 2.67. The first-order valence-electron chi connectivity index (χ1n) is 5.07. The van der Waals surface area contributed by atoms with Gasteiger partial charge >= 0.3 is 0 Å². The Bertz CT molecular complexity index is 297. The summed E-state index contributed by atoms with van der Waals surface area (Å²) in [4.78, 5) is 11.0. The van der Waals surface area contributed by atoms with Gasteiger partial charge in [-0.1, -0.05) is 17.7 Å². The van der Waals surface area contributed by atoms with Gasteiger partial charge in [0.25, 0.3) is 0 Å². The molecule has 0 spiro atoms. The van der Waals surface area contributed by atoms with E-state index in [2.05, 4.69) is 38.2 Å². The van der Waals surface area contributed by atoms with E-state index in [1.165, 1.54) is 11.1 Å². The summed E-state index contributed by atoms with van der Waals surface area (Å²) in [6.45, 7) is 7.88. The average Bonchev–Trinajstić information content (AvgIpc) is 2.02. The zero-order valence-electron chi connectivity index (χ0n) is 9.48. The number of amides is 1. The van der Waals surface area contributed by atoms with Crippen LogP contribution in [0.2, 0.25) is 0 Å². The van der Waals surface area contributed by atoms with Crippen LogP contribution < -0.4 is 5.32 Å². The lowest BCUT2D eigenvalue weighted by Gasteiger charge is -2.31. The van der Waals surface area contributed by atoms with Gasteiger partial charge in [0.1, 0.15) is 0 Å². The van der Waals surface area contributed by atoms with Crippen LogP contribution in [0.5, 0.6) is 0 Å². The number of rotatable bonds is 1. The lowest BCUT2D eigenvalue weighted by atomic mass is 9.85. The molecule has 78 valence electrons. The van der Waals surface area contributed by atoms with E-state index in [9.17, 15) is 4.79 Å². The number of hydrogen-bond acceptors (Lipinski definition) is 1. The highest BCUT2D eigenvalue weighted by molar-refractivity contribution is 5.74. The van der Waals surface area contributed by atoms with Crippen LogP contribution in [0.25, 0.3) is 0 Å². The summed E-state index contributed by atoms with van der Waals surface area (Å²) >= 11 is 0. The molecular formula is C12H19NO. The summed E-state index contributed by atoms with van der Waals surface area (Å²) in [5, 5.41) is 2.97. The molecule has 0 aromatic heterocycles. The van der Waals surface area contributed by atoms with Crippen molar-refractivity contribution in [1.29, 1.82) is 0 Å². The van der Waals surface area contributed by atoms with Gasteiger partial charge in [-0.3, -0.25) is 4.79 Å². The average molecular weight is 193 g/mol. The molecule has 1 aliphatic carbocycles. The van der Waals surface area contributed by atoms with E-state index in [0.29, 0.717) is 0 Å². The highest BCUT2D eigenvalue weighted by Crippen LogP contribution is 2.26. The Morgan fingerprint density at radius 3 is 2.43 bits per heavy atom. The van der Waals surface area contributed by atoms with Crippen LogP contribution in [-0.2, 0) is 4.79 Å². The maximum Gasteiger partial charge on any atom is 0.217 e. The standard InChI is InChI=1S/C12H19NO/c1-9(2)11-5-7-12(4,8-6-11)13-10(3)14/h5,7H,6,8H2,1-4H3,(H,13,14). The molecule has 0 bridgehead atoms. The smallest absolute Gasteiger partial charge is 0.217 e. The van der Waals surface area contributed by atoms with Crippen LogP contribution in [0.15, 0.2) is 23.3 Å². The molecule has 0 radical (unpaired) electrons. The Balaban J connectivity index is 2.77. The van der Waals surface area contributed by atoms with E-state index < -0.39 is 0 Å². The van der Waals surface area contributed by atoms with Gasteiger partial charge in [0.05, 0.1) is 5.54 Å². The van der Waals surface area contributed by atoms with Crippen molar-refractivity contribution in [2.45, 2.75) is 46.1 Å². The first kappa shape index (κ1) is 11.0. The molecule has 0 heterocycles. The van der Waals surface area contributed by atoms with Crippen molar-refractivity contribution in [3.05, 3.63) is 23.3 Å². The zero-order valence-corrected chi connectivity index (χ0v) is 9.48. The fraction of sp³-hybridized carbons (Fsp3) is 0.583. The van der Waals surface area contributed by atoms with E-state index in [1.54, 1.807) is 6.92 Å². The van der Waals surface area contributed by atoms with Crippen molar-refractivity contribution in [1.82, 2.24) is 5.32 Å². The Labute approximate surface area is 86.1 Å². The third-order valence-corrected chi connectivity index (χ3v) is 2.67. The molecule has 0 aliphatic heterocycles. The highest BCUT2D eigenvalue weighted by atomic mass is 16.1. The minimum absolute atomic E-state index is 0.0396. The van der Waals surface area contributed by atoms with E-state index in [0.717, 1.165) is 12.8 Å². The Morgan fingerprint density at radius 2 is 2.07 bits per heavy atom. The Hall–Kier alpha value is -1.05. The Morgan fingerprint density at radius 1 is 1.43 bits per heavy atom. The minimum Gasteiger partial charge on any atom is -0.348 e. The predicted octanol–water partition coefficient (Wildman–Crippen LogP) is 2.57. The molecule has 2 nitrogen and oxygen atoms in total. The molecule has 1 unspecified atom stereocenters. The van der Waals surface area contributed by atoms with Gasteiger partial charge in [0.15, 0.2) is 0 Å². The molecule has 0 aromatic carbocycles. The Kier molecular flexibility index (Phi) is 3.14. The van der Waals surface area contributed by atoms with Crippen LogP contribution in [-0.4, -0.2) is 11.4 Å². The maximum absolute atomic E-state index is 11.0. The molecule has 0 fully saturated rings. The van der Waals surface area contributed by atoms with E-state index in [1.807, 2.05) is 0 Å². The fourth-order valence-electron chi connectivity index (χ4n) is 1.77. The highest BCUT2D eigenvalue weighted by Gasteiger charge is 2.24. The van der Waals surface area contributed by atoms with Crippen LogP contribution in [0.1, 0.15) is 40.5 Å². The van der Waals surface area contributed by atoms with Gasteiger partial charge in [0.2, 0.25) is 5.91 Å². The maximum atomic E-state index is 11.0. The molecule has 0 saturated heterocycles. The van der Waals surface area contributed by atoms with Crippen molar-refractivity contribution < 1.29 is 4.79 Å². The molecule has 1 amide bonds. The van der Waals surface area contributed by atoms with Crippen LogP contribution >= 0.6 is 0 Å². The molecule has 1 rings (SSSR count). The monoisotopic (exact) mass is 193 g/mol. The predicted molar refractivity (Wildman–Crippen MR) is 59.0 cm³/mol. The molecule has 0 saturated carbocycles. The quantitative estimate of drug-likeness (QED) is 0.681. The molecule has 0 aromatic rings. The summed E-state index contributed by atoms with van der Waals surface area (Å²) in [6, 6.07) is 0. The third kappa shape index (κ3) is 2.72. The van der Waals surface area contributed by atoms with Crippen LogP contribution in [0, 0.1) is 0 Å². The largest absolute Gasteiger partial charge is 0.348 e. The first-order valence-corrected chi connectivity index (χ1v) is 5.07. The molecule has 1 aliphatic rings. The van der Waals surface area contributed by atoms with Crippen molar-refractivity contribution in [3.8, 4) is 0 Å². The van der Waals surface area contributed by atoms with E-state index in [4.69, 9.17) is 0 Å². The van der Waals surface area contributed by atoms with Gasteiger partial charge in [0, 0.05) is 6.92 Å². The van der Waals surface area contributed by atoms with Gasteiger partial charge in [-0.2, -0.15) is 0 Å². The fourth-order valence-corrected chi connectivity index (χ4v) is 1.77. The summed E-state index contributed by atoms with van der Waals surface area (Å²) in [5.74, 6) is 0.0396. The van der Waals surface area contributed by atoms with Crippen molar-refractivity contribution in [2.75, 3.05) is 0 Å². The number of allylic oxidation sites excluding steroid dienone is 3. The topological polar surface area (TPSA) is 29.1 Å². The number of carbonyl (C=O) groups excluding carboxylic acids is 1. The molecule has 14 heavy (non-hydrogen) atoms. The number of nitrogens with one attached hydrogen (secondary N) is 1. The SMILES string of the molecule is CC(=O)NC1(C)C=CC(=C(C)C)CC1. The van der Waals surface area contributed by atoms with Gasteiger partial charge in [-0.25, -0.2) is 0 Å².